The Bertz CT molecular complexity index is 309. The SMILES string of the molecule is Cc1cncc(NC(=O)C(C)N)c1. The molecule has 1 amide bonds. The minimum atomic E-state index is -0.500. The van der Waals surface area contributed by atoms with Crippen molar-refractivity contribution in [2.24, 2.45) is 5.73 Å². The molecule has 0 aliphatic rings. The van der Waals surface area contributed by atoms with Gasteiger partial charge in [0.1, 0.15) is 0 Å². The van der Waals surface area contributed by atoms with Crippen LogP contribution in [-0.2, 0) is 4.79 Å². The smallest absolute Gasteiger partial charge is 0.241 e. The number of amides is 1. The molecule has 0 radical (unpaired) electrons. The van der Waals surface area contributed by atoms with Crippen molar-refractivity contribution in [3.05, 3.63) is 24.0 Å². The number of carbonyl (C=O) groups excluding carboxylic acids is 1. The predicted octanol–water partition coefficient (Wildman–Crippen LogP) is 0.676. The Morgan fingerprint density at radius 1 is 1.62 bits per heavy atom. The summed E-state index contributed by atoms with van der Waals surface area (Å²) in [6, 6.07) is 1.34. The summed E-state index contributed by atoms with van der Waals surface area (Å²) in [6.45, 7) is 3.55. The Hall–Kier alpha value is -1.42. The number of aryl methyl sites for hydroxylation is 1. The predicted molar refractivity (Wildman–Crippen MR) is 51.3 cm³/mol. The monoisotopic (exact) mass is 179 g/mol. The Kier molecular flexibility index (Phi) is 2.97. The van der Waals surface area contributed by atoms with Crippen molar-refractivity contribution in [2.75, 3.05) is 5.32 Å². The summed E-state index contributed by atoms with van der Waals surface area (Å²) in [7, 11) is 0. The molecule has 70 valence electrons. The summed E-state index contributed by atoms with van der Waals surface area (Å²) < 4.78 is 0. The molecule has 0 aromatic carbocycles. The van der Waals surface area contributed by atoms with Gasteiger partial charge in [-0.3, -0.25) is 9.78 Å². The van der Waals surface area contributed by atoms with Crippen LogP contribution >= 0.6 is 0 Å². The van der Waals surface area contributed by atoms with E-state index in [0.29, 0.717) is 5.69 Å². The number of pyridine rings is 1. The number of nitrogens with zero attached hydrogens (tertiary/aromatic N) is 1. The molecule has 0 aliphatic carbocycles. The zero-order valence-electron chi connectivity index (χ0n) is 7.74. The molecule has 0 saturated carbocycles. The van der Waals surface area contributed by atoms with E-state index >= 15 is 0 Å². The first kappa shape index (κ1) is 9.67. The minimum Gasteiger partial charge on any atom is -0.323 e. The standard InChI is InChI=1S/C9H13N3O/c1-6-3-8(5-11-4-6)12-9(13)7(2)10/h3-5,7H,10H2,1-2H3,(H,12,13). The van der Waals surface area contributed by atoms with Gasteiger partial charge in [0.05, 0.1) is 17.9 Å². The highest BCUT2D eigenvalue weighted by atomic mass is 16.2. The van der Waals surface area contributed by atoms with E-state index in [2.05, 4.69) is 10.3 Å². The molecule has 0 spiro atoms. The van der Waals surface area contributed by atoms with E-state index in [0.717, 1.165) is 5.56 Å². The third-order valence-electron chi connectivity index (χ3n) is 1.56. The molecule has 0 aliphatic heterocycles. The molecule has 4 heteroatoms. The molecule has 1 unspecified atom stereocenters. The fraction of sp³-hybridized carbons (Fsp3) is 0.333. The van der Waals surface area contributed by atoms with E-state index < -0.39 is 6.04 Å². The summed E-state index contributed by atoms with van der Waals surface area (Å²) in [6.07, 6.45) is 3.31. The fourth-order valence-corrected chi connectivity index (χ4v) is 0.879. The lowest BCUT2D eigenvalue weighted by Gasteiger charge is -2.07. The lowest BCUT2D eigenvalue weighted by molar-refractivity contribution is -0.117. The normalized spacial score (nSPS) is 12.2. The quantitative estimate of drug-likeness (QED) is 0.701. The second kappa shape index (κ2) is 4.00. The molecular formula is C9H13N3O. The third kappa shape index (κ3) is 2.83. The molecule has 1 atom stereocenters. The summed E-state index contributed by atoms with van der Waals surface area (Å²) >= 11 is 0. The van der Waals surface area contributed by atoms with Crippen LogP contribution in [0.25, 0.3) is 0 Å². The molecule has 1 heterocycles. The number of nitrogens with one attached hydrogen (secondary N) is 1. The van der Waals surface area contributed by atoms with Gasteiger partial charge in [0.25, 0.3) is 0 Å². The van der Waals surface area contributed by atoms with Gasteiger partial charge >= 0.3 is 0 Å². The number of hydrogen-bond donors (Lipinski definition) is 2. The lowest BCUT2D eigenvalue weighted by atomic mass is 10.3. The van der Waals surface area contributed by atoms with Gasteiger partial charge in [0.2, 0.25) is 5.91 Å². The maximum atomic E-state index is 11.2. The van der Waals surface area contributed by atoms with E-state index in [1.165, 1.54) is 0 Å². The zero-order valence-corrected chi connectivity index (χ0v) is 7.74. The first-order chi connectivity index (χ1) is 6.09. The van der Waals surface area contributed by atoms with Gasteiger partial charge in [0, 0.05) is 6.20 Å². The van der Waals surface area contributed by atoms with Gasteiger partial charge in [0.15, 0.2) is 0 Å². The molecule has 1 aromatic heterocycles. The molecule has 1 rings (SSSR count). The van der Waals surface area contributed by atoms with Crippen LogP contribution in [0.4, 0.5) is 5.69 Å². The molecule has 4 nitrogen and oxygen atoms in total. The van der Waals surface area contributed by atoms with Crippen molar-refractivity contribution in [3.63, 3.8) is 0 Å². The van der Waals surface area contributed by atoms with Crippen LogP contribution in [0.5, 0.6) is 0 Å². The van der Waals surface area contributed by atoms with Crippen LogP contribution in [0.1, 0.15) is 12.5 Å². The highest BCUT2D eigenvalue weighted by Crippen LogP contribution is 2.06. The molecule has 0 fully saturated rings. The van der Waals surface area contributed by atoms with Crippen molar-refractivity contribution < 1.29 is 4.79 Å². The maximum absolute atomic E-state index is 11.2. The average Bonchev–Trinajstić information content (AvgIpc) is 2.04. The van der Waals surface area contributed by atoms with Crippen LogP contribution in [0.3, 0.4) is 0 Å². The van der Waals surface area contributed by atoms with Crippen LogP contribution in [0, 0.1) is 6.92 Å². The average molecular weight is 179 g/mol. The zero-order chi connectivity index (χ0) is 9.84. The molecule has 1 aromatic rings. The van der Waals surface area contributed by atoms with E-state index in [1.54, 1.807) is 19.3 Å². The number of rotatable bonds is 2. The van der Waals surface area contributed by atoms with Crippen molar-refractivity contribution in [3.8, 4) is 0 Å². The Morgan fingerprint density at radius 2 is 2.31 bits per heavy atom. The Labute approximate surface area is 77.2 Å². The fourth-order valence-electron chi connectivity index (χ4n) is 0.879. The first-order valence-corrected chi connectivity index (χ1v) is 4.07. The lowest BCUT2D eigenvalue weighted by Crippen LogP contribution is -2.32. The van der Waals surface area contributed by atoms with Crippen molar-refractivity contribution in [2.45, 2.75) is 19.9 Å². The molecule has 0 bridgehead atoms. The van der Waals surface area contributed by atoms with Crippen LogP contribution in [-0.4, -0.2) is 16.9 Å². The van der Waals surface area contributed by atoms with Crippen LogP contribution < -0.4 is 11.1 Å². The van der Waals surface area contributed by atoms with Gasteiger partial charge in [-0.2, -0.15) is 0 Å². The summed E-state index contributed by atoms with van der Waals surface area (Å²) in [5.41, 5.74) is 7.07. The topological polar surface area (TPSA) is 68.0 Å². The second-order valence-electron chi connectivity index (χ2n) is 3.03. The van der Waals surface area contributed by atoms with Crippen LogP contribution in [0.15, 0.2) is 18.5 Å². The van der Waals surface area contributed by atoms with Crippen molar-refractivity contribution in [1.29, 1.82) is 0 Å². The van der Waals surface area contributed by atoms with E-state index in [-0.39, 0.29) is 5.91 Å². The Morgan fingerprint density at radius 3 is 2.85 bits per heavy atom. The number of carbonyl (C=O) groups is 1. The number of nitrogens with two attached hydrogens (primary N) is 1. The Balaban J connectivity index is 2.69. The largest absolute Gasteiger partial charge is 0.323 e. The third-order valence-corrected chi connectivity index (χ3v) is 1.56. The van der Waals surface area contributed by atoms with Crippen molar-refractivity contribution in [1.82, 2.24) is 4.98 Å². The first-order valence-electron chi connectivity index (χ1n) is 4.07. The molecule has 13 heavy (non-hydrogen) atoms. The maximum Gasteiger partial charge on any atom is 0.241 e. The highest BCUT2D eigenvalue weighted by Gasteiger charge is 2.06. The summed E-state index contributed by atoms with van der Waals surface area (Å²) in [5.74, 6) is -0.201. The van der Waals surface area contributed by atoms with Gasteiger partial charge < -0.3 is 11.1 Å². The minimum absolute atomic E-state index is 0.201. The van der Waals surface area contributed by atoms with E-state index in [9.17, 15) is 4.79 Å². The second-order valence-corrected chi connectivity index (χ2v) is 3.03. The summed E-state index contributed by atoms with van der Waals surface area (Å²) in [4.78, 5) is 15.1. The van der Waals surface area contributed by atoms with Gasteiger partial charge in [-0.1, -0.05) is 0 Å². The van der Waals surface area contributed by atoms with Gasteiger partial charge in [-0.25, -0.2) is 0 Å². The molecule has 3 N–H and O–H groups in total. The van der Waals surface area contributed by atoms with Crippen LogP contribution in [0.2, 0.25) is 0 Å². The van der Waals surface area contributed by atoms with Gasteiger partial charge in [-0.15, -0.1) is 0 Å². The molecule has 0 saturated heterocycles. The summed E-state index contributed by atoms with van der Waals surface area (Å²) in [5, 5.41) is 2.66. The van der Waals surface area contributed by atoms with Gasteiger partial charge in [-0.05, 0) is 25.5 Å². The highest BCUT2D eigenvalue weighted by molar-refractivity contribution is 5.94. The van der Waals surface area contributed by atoms with Crippen molar-refractivity contribution >= 4 is 11.6 Å². The molecular weight excluding hydrogens is 166 g/mol. The van der Waals surface area contributed by atoms with E-state index in [1.807, 2.05) is 13.0 Å². The number of aromatic nitrogens is 1. The van der Waals surface area contributed by atoms with E-state index in [4.69, 9.17) is 5.73 Å². The number of hydrogen-bond acceptors (Lipinski definition) is 3. The number of anilines is 1.